The van der Waals surface area contributed by atoms with Gasteiger partial charge in [0, 0.05) is 49.0 Å². The van der Waals surface area contributed by atoms with Gasteiger partial charge in [0.2, 0.25) is 0 Å². The van der Waals surface area contributed by atoms with Crippen molar-refractivity contribution < 1.29 is 0 Å². The number of nitrogens with two attached hydrogens (primary N) is 1. The molecule has 0 radical (unpaired) electrons. The van der Waals surface area contributed by atoms with Gasteiger partial charge in [-0.1, -0.05) is 17.7 Å². The van der Waals surface area contributed by atoms with E-state index in [4.69, 9.17) is 17.3 Å². The van der Waals surface area contributed by atoms with E-state index in [1.54, 1.807) is 0 Å². The molecule has 2 N–H and O–H groups in total. The van der Waals surface area contributed by atoms with Crippen LogP contribution in [-0.4, -0.2) is 43.2 Å². The lowest BCUT2D eigenvalue weighted by atomic mass is 10.1. The van der Waals surface area contributed by atoms with Gasteiger partial charge in [-0.3, -0.25) is 4.90 Å². The van der Waals surface area contributed by atoms with Crippen LogP contribution in [0, 0.1) is 6.92 Å². The van der Waals surface area contributed by atoms with Crippen molar-refractivity contribution in [2.75, 3.05) is 37.6 Å². The zero-order chi connectivity index (χ0) is 14.0. The molecule has 0 bridgehead atoms. The van der Waals surface area contributed by atoms with Crippen LogP contribution in [0.25, 0.3) is 0 Å². The van der Waals surface area contributed by atoms with Crippen molar-refractivity contribution in [3.63, 3.8) is 0 Å². The Labute approximate surface area is 133 Å². The van der Waals surface area contributed by atoms with Crippen molar-refractivity contribution in [2.24, 2.45) is 5.73 Å². The van der Waals surface area contributed by atoms with Crippen LogP contribution < -0.4 is 10.6 Å². The number of piperazine rings is 1. The summed E-state index contributed by atoms with van der Waals surface area (Å²) in [4.78, 5) is 4.86. The molecular weight excluding hydrogens is 293 g/mol. The molecule has 0 amide bonds. The molecule has 0 spiro atoms. The molecule has 20 heavy (non-hydrogen) atoms. The lowest BCUT2D eigenvalue weighted by molar-refractivity contribution is 0.214. The highest BCUT2D eigenvalue weighted by molar-refractivity contribution is 6.30. The van der Waals surface area contributed by atoms with E-state index in [2.05, 4.69) is 42.7 Å². The second kappa shape index (κ2) is 6.99. The van der Waals surface area contributed by atoms with Crippen LogP contribution in [0.15, 0.2) is 18.2 Å². The maximum Gasteiger partial charge on any atom is 0.0426 e. The molecule has 114 valence electrons. The number of rotatable bonds is 3. The maximum atomic E-state index is 6.10. The Kier molecular flexibility index (Phi) is 6.14. The largest absolute Gasteiger partial charge is 0.369 e. The van der Waals surface area contributed by atoms with Crippen LogP contribution in [0.3, 0.4) is 0 Å². The van der Waals surface area contributed by atoms with Crippen LogP contribution in [0.5, 0.6) is 0 Å². The minimum atomic E-state index is -0.117. The van der Waals surface area contributed by atoms with Crippen molar-refractivity contribution in [3.8, 4) is 0 Å². The first-order valence-electron chi connectivity index (χ1n) is 6.87. The summed E-state index contributed by atoms with van der Waals surface area (Å²) in [6, 6.07) is 6.11. The van der Waals surface area contributed by atoms with E-state index < -0.39 is 0 Å². The molecule has 0 aromatic heterocycles. The topological polar surface area (TPSA) is 32.5 Å². The summed E-state index contributed by atoms with van der Waals surface area (Å²) < 4.78 is 0. The fourth-order valence-corrected chi connectivity index (χ4v) is 2.81. The monoisotopic (exact) mass is 317 g/mol. The second-order valence-corrected chi connectivity index (χ2v) is 6.62. The Morgan fingerprint density at radius 1 is 1.20 bits per heavy atom. The minimum absolute atomic E-state index is 0. The third-order valence-electron chi connectivity index (χ3n) is 3.52. The molecule has 1 fully saturated rings. The SMILES string of the molecule is Cc1ccc(Cl)cc1N1CCN(CC(C)(C)N)CC1.Cl. The van der Waals surface area contributed by atoms with Crippen molar-refractivity contribution in [3.05, 3.63) is 28.8 Å². The van der Waals surface area contributed by atoms with E-state index in [1.165, 1.54) is 11.3 Å². The lowest BCUT2D eigenvalue weighted by Crippen LogP contribution is -2.53. The Bertz CT molecular complexity index is 435. The standard InChI is InChI=1S/C15H24ClN3.ClH/c1-12-4-5-13(16)10-14(12)19-8-6-18(7-9-19)11-15(2,3)17;/h4-5,10H,6-9,11,17H2,1-3H3;1H. The van der Waals surface area contributed by atoms with Gasteiger partial charge in [0.1, 0.15) is 0 Å². The highest BCUT2D eigenvalue weighted by Crippen LogP contribution is 2.25. The van der Waals surface area contributed by atoms with Crippen molar-refractivity contribution in [1.29, 1.82) is 0 Å². The van der Waals surface area contributed by atoms with Gasteiger partial charge >= 0.3 is 0 Å². The number of halogens is 2. The summed E-state index contributed by atoms with van der Waals surface area (Å²) in [5.74, 6) is 0. The highest BCUT2D eigenvalue weighted by Gasteiger charge is 2.22. The average molecular weight is 318 g/mol. The number of anilines is 1. The second-order valence-electron chi connectivity index (χ2n) is 6.18. The summed E-state index contributed by atoms with van der Waals surface area (Å²) in [7, 11) is 0. The molecule has 1 heterocycles. The smallest absolute Gasteiger partial charge is 0.0426 e. The maximum absolute atomic E-state index is 6.10. The van der Waals surface area contributed by atoms with Gasteiger partial charge in [-0.05, 0) is 38.5 Å². The molecule has 0 aliphatic carbocycles. The van der Waals surface area contributed by atoms with Crippen LogP contribution in [0.1, 0.15) is 19.4 Å². The zero-order valence-corrected chi connectivity index (χ0v) is 14.1. The van der Waals surface area contributed by atoms with Crippen molar-refractivity contribution in [1.82, 2.24) is 4.90 Å². The van der Waals surface area contributed by atoms with E-state index >= 15 is 0 Å². The summed E-state index contributed by atoms with van der Waals surface area (Å²) in [6.45, 7) is 11.5. The Hall–Kier alpha value is -0.480. The van der Waals surface area contributed by atoms with Gasteiger partial charge in [-0.2, -0.15) is 0 Å². The summed E-state index contributed by atoms with van der Waals surface area (Å²) in [5.41, 5.74) is 8.52. The van der Waals surface area contributed by atoms with Crippen molar-refractivity contribution >= 4 is 29.7 Å². The Morgan fingerprint density at radius 2 is 1.80 bits per heavy atom. The van der Waals surface area contributed by atoms with Gasteiger partial charge in [-0.25, -0.2) is 0 Å². The molecule has 0 saturated carbocycles. The quantitative estimate of drug-likeness (QED) is 0.930. The molecule has 5 heteroatoms. The third-order valence-corrected chi connectivity index (χ3v) is 3.75. The first kappa shape index (κ1) is 17.6. The summed E-state index contributed by atoms with van der Waals surface area (Å²) in [5, 5.41) is 0.811. The fourth-order valence-electron chi connectivity index (χ4n) is 2.65. The van der Waals surface area contributed by atoms with Crippen LogP contribution >= 0.6 is 24.0 Å². The van der Waals surface area contributed by atoms with E-state index in [0.717, 1.165) is 37.7 Å². The lowest BCUT2D eigenvalue weighted by Gasteiger charge is -2.39. The number of nitrogens with zero attached hydrogens (tertiary/aromatic N) is 2. The third kappa shape index (κ3) is 4.81. The zero-order valence-electron chi connectivity index (χ0n) is 12.5. The normalized spacial score (nSPS) is 16.9. The molecule has 0 unspecified atom stereocenters. The predicted molar refractivity (Wildman–Crippen MR) is 90.4 cm³/mol. The average Bonchev–Trinajstić information content (AvgIpc) is 2.31. The number of aryl methyl sites for hydroxylation is 1. The van der Waals surface area contributed by atoms with Gasteiger partial charge in [0.15, 0.2) is 0 Å². The predicted octanol–water partition coefficient (Wildman–Crippen LogP) is 2.93. The Balaban J connectivity index is 0.00000200. The van der Waals surface area contributed by atoms with Gasteiger partial charge in [0.25, 0.3) is 0 Å². The van der Waals surface area contributed by atoms with Crippen molar-refractivity contribution in [2.45, 2.75) is 26.3 Å². The molecule has 1 aliphatic rings. The van der Waals surface area contributed by atoms with E-state index in [0.29, 0.717) is 0 Å². The molecule has 3 nitrogen and oxygen atoms in total. The Morgan fingerprint density at radius 3 is 2.35 bits per heavy atom. The van der Waals surface area contributed by atoms with Gasteiger partial charge in [-0.15, -0.1) is 12.4 Å². The van der Waals surface area contributed by atoms with E-state index in [1.807, 2.05) is 6.07 Å². The molecule has 1 aromatic carbocycles. The first-order chi connectivity index (χ1) is 8.85. The first-order valence-corrected chi connectivity index (χ1v) is 7.25. The van der Waals surface area contributed by atoms with Gasteiger partial charge in [0.05, 0.1) is 0 Å². The van der Waals surface area contributed by atoms with Gasteiger partial charge < -0.3 is 10.6 Å². The molecule has 1 saturated heterocycles. The van der Waals surface area contributed by atoms with E-state index in [9.17, 15) is 0 Å². The molecule has 1 aromatic rings. The fraction of sp³-hybridized carbons (Fsp3) is 0.600. The number of hydrogen-bond donors (Lipinski definition) is 1. The number of benzene rings is 1. The summed E-state index contributed by atoms with van der Waals surface area (Å²) in [6.07, 6.45) is 0. The molecule has 0 atom stereocenters. The van der Waals surface area contributed by atoms with Crippen LogP contribution in [0.4, 0.5) is 5.69 Å². The molecule has 2 rings (SSSR count). The van der Waals surface area contributed by atoms with E-state index in [-0.39, 0.29) is 17.9 Å². The molecule has 1 aliphatic heterocycles. The molecular formula is C15H25Cl2N3. The minimum Gasteiger partial charge on any atom is -0.369 e. The number of hydrogen-bond acceptors (Lipinski definition) is 3. The summed E-state index contributed by atoms with van der Waals surface area (Å²) >= 11 is 6.10. The van der Waals surface area contributed by atoms with Crippen LogP contribution in [-0.2, 0) is 0 Å². The van der Waals surface area contributed by atoms with Crippen LogP contribution in [0.2, 0.25) is 5.02 Å². The highest BCUT2D eigenvalue weighted by atomic mass is 35.5.